The van der Waals surface area contributed by atoms with Gasteiger partial charge in [-0.05, 0) is 32.4 Å². The molecule has 1 aromatic carbocycles. The summed E-state index contributed by atoms with van der Waals surface area (Å²) in [5.41, 5.74) is 0.986. The fraction of sp³-hybridized carbons (Fsp3) is 0.500. The molecule has 18 heavy (non-hydrogen) atoms. The molecule has 0 unspecified atom stereocenters. The molecular formula is C14H21ClN2O. The van der Waals surface area contributed by atoms with Gasteiger partial charge in [0.15, 0.2) is 0 Å². The lowest BCUT2D eigenvalue weighted by atomic mass is 10.1. The number of rotatable bonds is 5. The SMILES string of the molecule is CC(C)(C)NCCC(=O)NCc1ccccc1Cl. The van der Waals surface area contributed by atoms with Crippen LogP contribution >= 0.6 is 11.6 Å². The Balaban J connectivity index is 2.28. The predicted octanol–water partition coefficient (Wildman–Crippen LogP) is 2.73. The summed E-state index contributed by atoms with van der Waals surface area (Å²) in [5.74, 6) is 0.0340. The molecule has 0 saturated heterocycles. The van der Waals surface area contributed by atoms with Gasteiger partial charge in [-0.3, -0.25) is 4.79 Å². The first-order chi connectivity index (χ1) is 8.38. The molecule has 0 spiro atoms. The molecule has 0 aliphatic carbocycles. The van der Waals surface area contributed by atoms with Crippen LogP contribution in [0.4, 0.5) is 0 Å². The summed E-state index contributed by atoms with van der Waals surface area (Å²) in [4.78, 5) is 11.6. The van der Waals surface area contributed by atoms with Gasteiger partial charge in [0, 0.05) is 30.1 Å². The maximum Gasteiger partial charge on any atom is 0.221 e. The molecule has 0 aliphatic rings. The highest BCUT2D eigenvalue weighted by molar-refractivity contribution is 6.31. The Labute approximate surface area is 114 Å². The number of benzene rings is 1. The summed E-state index contributed by atoms with van der Waals surface area (Å²) < 4.78 is 0. The number of hydrogen-bond donors (Lipinski definition) is 2. The van der Waals surface area contributed by atoms with Crippen LogP contribution in [0, 0.1) is 0 Å². The van der Waals surface area contributed by atoms with E-state index in [9.17, 15) is 4.79 Å². The molecule has 2 N–H and O–H groups in total. The van der Waals surface area contributed by atoms with E-state index >= 15 is 0 Å². The van der Waals surface area contributed by atoms with Crippen molar-refractivity contribution in [3.8, 4) is 0 Å². The van der Waals surface area contributed by atoms with Crippen molar-refractivity contribution in [3.05, 3.63) is 34.9 Å². The van der Waals surface area contributed by atoms with Gasteiger partial charge in [0.25, 0.3) is 0 Å². The molecule has 1 amide bonds. The summed E-state index contributed by atoms with van der Waals surface area (Å²) >= 11 is 6.01. The molecule has 0 saturated carbocycles. The molecule has 1 rings (SSSR count). The monoisotopic (exact) mass is 268 g/mol. The lowest BCUT2D eigenvalue weighted by molar-refractivity contribution is -0.121. The van der Waals surface area contributed by atoms with Crippen molar-refractivity contribution < 1.29 is 4.79 Å². The number of hydrogen-bond acceptors (Lipinski definition) is 2. The zero-order valence-corrected chi connectivity index (χ0v) is 12.0. The molecule has 0 heterocycles. The Morgan fingerprint density at radius 3 is 2.56 bits per heavy atom. The zero-order valence-electron chi connectivity index (χ0n) is 11.2. The predicted molar refractivity (Wildman–Crippen MR) is 75.7 cm³/mol. The van der Waals surface area contributed by atoms with Crippen molar-refractivity contribution in [2.45, 2.75) is 39.3 Å². The molecule has 1 aromatic rings. The van der Waals surface area contributed by atoms with Gasteiger partial charge in [0.2, 0.25) is 5.91 Å². The Bertz CT molecular complexity index is 399. The van der Waals surface area contributed by atoms with Gasteiger partial charge < -0.3 is 10.6 Å². The summed E-state index contributed by atoms with van der Waals surface area (Å²) in [6.07, 6.45) is 0.474. The maximum atomic E-state index is 11.6. The third-order valence-electron chi connectivity index (χ3n) is 2.44. The molecule has 0 fully saturated rings. The minimum absolute atomic E-state index is 0.0340. The third kappa shape index (κ3) is 6.03. The standard InChI is InChI=1S/C14H21ClN2O/c1-14(2,3)17-9-8-13(18)16-10-11-6-4-5-7-12(11)15/h4-7,17H,8-10H2,1-3H3,(H,16,18). The van der Waals surface area contributed by atoms with E-state index in [1.165, 1.54) is 0 Å². The van der Waals surface area contributed by atoms with Crippen molar-refractivity contribution in [3.63, 3.8) is 0 Å². The van der Waals surface area contributed by atoms with E-state index in [0.29, 0.717) is 24.5 Å². The Morgan fingerprint density at radius 1 is 1.28 bits per heavy atom. The highest BCUT2D eigenvalue weighted by Crippen LogP contribution is 2.14. The largest absolute Gasteiger partial charge is 0.352 e. The molecule has 0 atom stereocenters. The van der Waals surface area contributed by atoms with Crippen molar-refractivity contribution in [2.75, 3.05) is 6.54 Å². The van der Waals surface area contributed by atoms with Crippen LogP contribution in [0.25, 0.3) is 0 Å². The van der Waals surface area contributed by atoms with Crippen molar-refractivity contribution >= 4 is 17.5 Å². The topological polar surface area (TPSA) is 41.1 Å². The quantitative estimate of drug-likeness (QED) is 0.862. The Kier molecular flexibility index (Phi) is 5.63. The highest BCUT2D eigenvalue weighted by atomic mass is 35.5. The second-order valence-electron chi connectivity index (χ2n) is 5.29. The Hall–Kier alpha value is -1.06. The van der Waals surface area contributed by atoms with Crippen molar-refractivity contribution in [2.24, 2.45) is 0 Å². The molecular weight excluding hydrogens is 248 g/mol. The van der Waals surface area contributed by atoms with Crippen molar-refractivity contribution in [1.29, 1.82) is 0 Å². The van der Waals surface area contributed by atoms with E-state index in [1.807, 2.05) is 24.3 Å². The third-order valence-corrected chi connectivity index (χ3v) is 2.81. The fourth-order valence-electron chi connectivity index (χ4n) is 1.47. The van der Waals surface area contributed by atoms with Crippen LogP contribution in [0.2, 0.25) is 5.02 Å². The molecule has 100 valence electrons. The van der Waals surface area contributed by atoms with Crippen LogP contribution in [0.1, 0.15) is 32.8 Å². The highest BCUT2D eigenvalue weighted by Gasteiger charge is 2.09. The van der Waals surface area contributed by atoms with Crippen LogP contribution in [0.3, 0.4) is 0 Å². The van der Waals surface area contributed by atoms with Crippen LogP contribution in [-0.4, -0.2) is 18.0 Å². The van der Waals surface area contributed by atoms with E-state index in [0.717, 1.165) is 5.56 Å². The number of carbonyl (C=O) groups is 1. The van der Waals surface area contributed by atoms with E-state index < -0.39 is 0 Å². The smallest absolute Gasteiger partial charge is 0.221 e. The first-order valence-electron chi connectivity index (χ1n) is 6.13. The van der Waals surface area contributed by atoms with E-state index in [2.05, 4.69) is 31.4 Å². The summed E-state index contributed by atoms with van der Waals surface area (Å²) in [5, 5.41) is 6.82. The summed E-state index contributed by atoms with van der Waals surface area (Å²) in [7, 11) is 0. The molecule has 3 nitrogen and oxygen atoms in total. The average Bonchev–Trinajstić information content (AvgIpc) is 2.26. The van der Waals surface area contributed by atoms with Gasteiger partial charge in [-0.2, -0.15) is 0 Å². The fourth-order valence-corrected chi connectivity index (χ4v) is 1.68. The molecule has 0 aliphatic heterocycles. The van der Waals surface area contributed by atoms with Gasteiger partial charge in [0.1, 0.15) is 0 Å². The molecule has 0 radical (unpaired) electrons. The zero-order chi connectivity index (χ0) is 13.6. The minimum Gasteiger partial charge on any atom is -0.352 e. The lowest BCUT2D eigenvalue weighted by Crippen LogP contribution is -2.38. The van der Waals surface area contributed by atoms with Gasteiger partial charge in [-0.25, -0.2) is 0 Å². The first kappa shape index (κ1) is 15.0. The van der Waals surface area contributed by atoms with E-state index in [1.54, 1.807) is 0 Å². The van der Waals surface area contributed by atoms with Crippen LogP contribution in [-0.2, 0) is 11.3 Å². The number of amides is 1. The number of halogens is 1. The Morgan fingerprint density at radius 2 is 1.94 bits per heavy atom. The second kappa shape index (κ2) is 6.76. The van der Waals surface area contributed by atoms with Crippen LogP contribution < -0.4 is 10.6 Å². The molecule has 4 heteroatoms. The first-order valence-corrected chi connectivity index (χ1v) is 6.51. The van der Waals surface area contributed by atoms with E-state index in [4.69, 9.17) is 11.6 Å². The van der Waals surface area contributed by atoms with Gasteiger partial charge >= 0.3 is 0 Å². The van der Waals surface area contributed by atoms with Gasteiger partial charge in [0.05, 0.1) is 0 Å². The van der Waals surface area contributed by atoms with Crippen molar-refractivity contribution in [1.82, 2.24) is 10.6 Å². The second-order valence-corrected chi connectivity index (χ2v) is 5.70. The lowest BCUT2D eigenvalue weighted by Gasteiger charge is -2.20. The minimum atomic E-state index is 0.0340. The molecule has 0 bridgehead atoms. The summed E-state index contributed by atoms with van der Waals surface area (Å²) in [6, 6.07) is 7.52. The van der Waals surface area contributed by atoms with Gasteiger partial charge in [-0.15, -0.1) is 0 Å². The van der Waals surface area contributed by atoms with Crippen LogP contribution in [0.15, 0.2) is 24.3 Å². The number of nitrogens with one attached hydrogen (secondary N) is 2. The number of carbonyl (C=O) groups excluding carboxylic acids is 1. The summed E-state index contributed by atoms with van der Waals surface area (Å²) in [6.45, 7) is 7.39. The van der Waals surface area contributed by atoms with E-state index in [-0.39, 0.29) is 11.4 Å². The normalized spacial score (nSPS) is 11.3. The average molecular weight is 269 g/mol. The maximum absolute atomic E-state index is 11.6. The van der Waals surface area contributed by atoms with Gasteiger partial charge in [-0.1, -0.05) is 29.8 Å². The molecule has 0 aromatic heterocycles. The van der Waals surface area contributed by atoms with Crippen LogP contribution in [0.5, 0.6) is 0 Å².